The molecule has 0 amide bonds. The minimum atomic E-state index is 0. The lowest BCUT2D eigenvalue weighted by Gasteiger charge is -2.27. The molecule has 1 fully saturated rings. The van der Waals surface area contributed by atoms with E-state index in [1.54, 1.807) is 0 Å². The van der Waals surface area contributed by atoms with Crippen molar-refractivity contribution >= 4 is 29.9 Å². The predicted molar refractivity (Wildman–Crippen MR) is 127 cm³/mol. The molecule has 1 aliphatic heterocycles. The number of nitrogens with one attached hydrogen (secondary N) is 2. The Labute approximate surface area is 186 Å². The van der Waals surface area contributed by atoms with E-state index in [1.807, 2.05) is 25.4 Å². The summed E-state index contributed by atoms with van der Waals surface area (Å²) >= 11 is 0. The lowest BCUT2D eigenvalue weighted by molar-refractivity contribution is 0.220. The van der Waals surface area contributed by atoms with Gasteiger partial charge in [0.05, 0.1) is 0 Å². The van der Waals surface area contributed by atoms with Crippen LogP contribution in [0.2, 0.25) is 0 Å². The Hall–Kier alpha value is -1.67. The zero-order chi connectivity index (χ0) is 18.7. The molecule has 0 saturated carbocycles. The molecular weight excluding hydrogens is 461 g/mol. The summed E-state index contributed by atoms with van der Waals surface area (Å²) in [6.45, 7) is 5.08. The Balaban J connectivity index is 0.00000280. The molecule has 0 unspecified atom stereocenters. The summed E-state index contributed by atoms with van der Waals surface area (Å²) in [4.78, 5) is 11.3. The van der Waals surface area contributed by atoms with Gasteiger partial charge in [-0.25, -0.2) is 0 Å². The van der Waals surface area contributed by atoms with Crippen LogP contribution >= 0.6 is 24.0 Å². The molecular formula is C22H32IN5. The van der Waals surface area contributed by atoms with Gasteiger partial charge in [0.15, 0.2) is 5.96 Å². The number of rotatable bonds is 7. The smallest absolute Gasteiger partial charge is 0.191 e. The number of nitrogens with zero attached hydrogens (tertiary/aromatic N) is 3. The topological polar surface area (TPSA) is 52.6 Å². The SMILES string of the molecule is CN=C(NCCc1ccccn1)NCc1ccccc1CN1CCCCC1.I. The van der Waals surface area contributed by atoms with Crippen molar-refractivity contribution in [2.45, 2.75) is 38.8 Å². The van der Waals surface area contributed by atoms with E-state index in [4.69, 9.17) is 0 Å². The van der Waals surface area contributed by atoms with Crippen LogP contribution in [0.1, 0.15) is 36.1 Å². The average Bonchev–Trinajstić information content (AvgIpc) is 2.73. The van der Waals surface area contributed by atoms with Gasteiger partial charge in [0.2, 0.25) is 0 Å². The average molecular weight is 493 g/mol. The molecule has 1 aliphatic rings. The van der Waals surface area contributed by atoms with Gasteiger partial charge < -0.3 is 10.6 Å². The number of pyridine rings is 1. The van der Waals surface area contributed by atoms with Crippen LogP contribution in [0.3, 0.4) is 0 Å². The van der Waals surface area contributed by atoms with Gasteiger partial charge in [-0.1, -0.05) is 36.8 Å². The fraction of sp³-hybridized carbons (Fsp3) is 0.455. The van der Waals surface area contributed by atoms with E-state index in [1.165, 1.54) is 43.5 Å². The van der Waals surface area contributed by atoms with Crippen LogP contribution in [0.15, 0.2) is 53.7 Å². The fourth-order valence-corrected chi connectivity index (χ4v) is 3.50. The van der Waals surface area contributed by atoms with Crippen molar-refractivity contribution in [2.24, 2.45) is 4.99 Å². The highest BCUT2D eigenvalue weighted by Crippen LogP contribution is 2.16. The molecule has 0 aliphatic carbocycles. The van der Waals surface area contributed by atoms with E-state index in [9.17, 15) is 0 Å². The highest BCUT2D eigenvalue weighted by atomic mass is 127. The Morgan fingerprint density at radius 3 is 2.46 bits per heavy atom. The Morgan fingerprint density at radius 2 is 1.75 bits per heavy atom. The van der Waals surface area contributed by atoms with Crippen molar-refractivity contribution in [1.29, 1.82) is 0 Å². The van der Waals surface area contributed by atoms with E-state index in [0.717, 1.165) is 37.7 Å². The van der Waals surface area contributed by atoms with Crippen LogP contribution in [-0.2, 0) is 19.5 Å². The molecule has 6 heteroatoms. The first kappa shape index (κ1) is 22.6. The van der Waals surface area contributed by atoms with Crippen molar-refractivity contribution in [3.63, 3.8) is 0 Å². The molecule has 3 rings (SSSR count). The number of likely N-dealkylation sites (tertiary alicyclic amines) is 1. The lowest BCUT2D eigenvalue weighted by atomic mass is 10.0. The van der Waals surface area contributed by atoms with Crippen molar-refractivity contribution in [2.75, 3.05) is 26.7 Å². The van der Waals surface area contributed by atoms with Gasteiger partial charge in [0.1, 0.15) is 0 Å². The lowest BCUT2D eigenvalue weighted by Crippen LogP contribution is -2.38. The minimum absolute atomic E-state index is 0. The quantitative estimate of drug-likeness (QED) is 0.352. The number of halogens is 1. The normalized spacial score (nSPS) is 15.0. The number of aromatic nitrogens is 1. The molecule has 0 radical (unpaired) electrons. The Bertz CT molecular complexity index is 714. The summed E-state index contributed by atoms with van der Waals surface area (Å²) in [5.41, 5.74) is 3.85. The third kappa shape index (κ3) is 7.39. The minimum Gasteiger partial charge on any atom is -0.356 e. The van der Waals surface area contributed by atoms with E-state index in [0.29, 0.717) is 0 Å². The van der Waals surface area contributed by atoms with Gasteiger partial charge in [-0.3, -0.25) is 14.9 Å². The molecule has 28 heavy (non-hydrogen) atoms. The third-order valence-corrected chi connectivity index (χ3v) is 5.03. The van der Waals surface area contributed by atoms with Gasteiger partial charge in [-0.2, -0.15) is 0 Å². The van der Waals surface area contributed by atoms with Gasteiger partial charge in [0, 0.05) is 45.0 Å². The third-order valence-electron chi connectivity index (χ3n) is 5.03. The van der Waals surface area contributed by atoms with Crippen molar-refractivity contribution < 1.29 is 0 Å². The monoisotopic (exact) mass is 493 g/mol. The Morgan fingerprint density at radius 1 is 1.00 bits per heavy atom. The first-order valence-electron chi connectivity index (χ1n) is 9.99. The van der Waals surface area contributed by atoms with Gasteiger partial charge >= 0.3 is 0 Å². The van der Waals surface area contributed by atoms with Gasteiger partial charge in [-0.15, -0.1) is 24.0 Å². The number of piperidine rings is 1. The van der Waals surface area contributed by atoms with E-state index in [-0.39, 0.29) is 24.0 Å². The number of hydrogen-bond donors (Lipinski definition) is 2. The molecule has 152 valence electrons. The summed E-state index contributed by atoms with van der Waals surface area (Å²) in [5.74, 6) is 0.832. The summed E-state index contributed by atoms with van der Waals surface area (Å²) in [7, 11) is 1.82. The van der Waals surface area contributed by atoms with E-state index in [2.05, 4.69) is 55.8 Å². The van der Waals surface area contributed by atoms with E-state index >= 15 is 0 Å². The van der Waals surface area contributed by atoms with Crippen molar-refractivity contribution in [3.8, 4) is 0 Å². The molecule has 1 aromatic heterocycles. The maximum absolute atomic E-state index is 4.36. The predicted octanol–water partition coefficient (Wildman–Crippen LogP) is 3.59. The first-order chi connectivity index (χ1) is 13.3. The summed E-state index contributed by atoms with van der Waals surface area (Å²) in [5, 5.41) is 6.83. The second kappa shape index (κ2) is 12.7. The standard InChI is InChI=1S/C22H31N5.HI/c1-23-22(25-14-12-21-11-5-6-13-24-21)26-17-19-9-3-4-10-20(19)18-27-15-7-2-8-16-27;/h3-6,9-11,13H,2,7-8,12,14-18H2,1H3,(H2,23,25,26);1H. The second-order valence-corrected chi connectivity index (χ2v) is 7.03. The summed E-state index contributed by atoms with van der Waals surface area (Å²) in [6, 6.07) is 14.7. The maximum Gasteiger partial charge on any atom is 0.191 e. The van der Waals surface area contributed by atoms with E-state index < -0.39 is 0 Å². The zero-order valence-corrected chi connectivity index (χ0v) is 19.1. The molecule has 2 heterocycles. The molecule has 0 spiro atoms. The number of aliphatic imine (C=N–C) groups is 1. The van der Waals surface area contributed by atoms with Crippen molar-refractivity contribution in [3.05, 3.63) is 65.5 Å². The largest absolute Gasteiger partial charge is 0.356 e. The van der Waals surface area contributed by atoms with Crippen LogP contribution < -0.4 is 10.6 Å². The van der Waals surface area contributed by atoms with Crippen molar-refractivity contribution in [1.82, 2.24) is 20.5 Å². The maximum atomic E-state index is 4.36. The van der Waals surface area contributed by atoms with Gasteiger partial charge in [-0.05, 0) is 49.2 Å². The van der Waals surface area contributed by atoms with Crippen LogP contribution in [0, 0.1) is 0 Å². The summed E-state index contributed by atoms with van der Waals surface area (Å²) in [6.07, 6.45) is 6.75. The van der Waals surface area contributed by atoms with Crippen LogP contribution in [0.5, 0.6) is 0 Å². The number of hydrogen-bond acceptors (Lipinski definition) is 3. The highest BCUT2D eigenvalue weighted by Gasteiger charge is 2.12. The van der Waals surface area contributed by atoms with Crippen LogP contribution in [-0.4, -0.2) is 42.5 Å². The summed E-state index contributed by atoms with van der Waals surface area (Å²) < 4.78 is 0. The molecule has 2 N–H and O–H groups in total. The molecule has 2 aromatic rings. The molecule has 0 bridgehead atoms. The fourth-order valence-electron chi connectivity index (χ4n) is 3.50. The molecule has 1 aromatic carbocycles. The van der Waals surface area contributed by atoms with Gasteiger partial charge in [0.25, 0.3) is 0 Å². The van der Waals surface area contributed by atoms with Crippen LogP contribution in [0.25, 0.3) is 0 Å². The molecule has 5 nitrogen and oxygen atoms in total. The Kier molecular flexibility index (Phi) is 10.3. The van der Waals surface area contributed by atoms with Crippen LogP contribution in [0.4, 0.5) is 0 Å². The second-order valence-electron chi connectivity index (χ2n) is 7.03. The number of guanidine groups is 1. The molecule has 1 saturated heterocycles. The number of benzene rings is 1. The zero-order valence-electron chi connectivity index (χ0n) is 16.7. The first-order valence-corrected chi connectivity index (χ1v) is 9.99. The highest BCUT2D eigenvalue weighted by molar-refractivity contribution is 14.0. The molecule has 0 atom stereocenters.